The molecular formula is C13H18N2O3. The van der Waals surface area contributed by atoms with Crippen LogP contribution < -0.4 is 4.74 Å². The summed E-state index contributed by atoms with van der Waals surface area (Å²) in [4.78, 5) is 11.5. The molecule has 1 aliphatic carbocycles. The minimum Gasteiger partial charge on any atom is -0.491 e. The number of aromatic nitrogens is 2. The Balaban J connectivity index is 1.97. The normalized spacial score (nSPS) is 16.3. The number of nitrogens with zero attached hydrogens (tertiary/aromatic N) is 2. The van der Waals surface area contributed by atoms with Gasteiger partial charge in [0.15, 0.2) is 5.75 Å². The van der Waals surface area contributed by atoms with Crippen LogP contribution in [0, 0.1) is 5.92 Å². The molecule has 1 aromatic heterocycles. The zero-order chi connectivity index (χ0) is 12.8. The lowest BCUT2D eigenvalue weighted by Crippen LogP contribution is -2.17. The van der Waals surface area contributed by atoms with Gasteiger partial charge in [-0.1, -0.05) is 19.3 Å². The first-order valence-electron chi connectivity index (χ1n) is 6.33. The van der Waals surface area contributed by atoms with Crippen molar-refractivity contribution in [3.05, 3.63) is 18.0 Å². The number of methoxy groups -OCH3 is 1. The van der Waals surface area contributed by atoms with E-state index in [-0.39, 0.29) is 0 Å². The zero-order valence-electron chi connectivity index (χ0n) is 10.6. The van der Waals surface area contributed by atoms with Crippen molar-refractivity contribution in [1.29, 1.82) is 0 Å². The molecule has 0 saturated heterocycles. The molecule has 5 nitrogen and oxygen atoms in total. The van der Waals surface area contributed by atoms with Crippen molar-refractivity contribution in [1.82, 2.24) is 10.2 Å². The zero-order valence-corrected chi connectivity index (χ0v) is 10.6. The molecule has 1 aliphatic rings. The molecule has 0 bridgehead atoms. The van der Waals surface area contributed by atoms with Gasteiger partial charge in [0.1, 0.15) is 5.56 Å². The SMILES string of the molecule is COC(=O)c1cnncc1OCC1CCCCC1. The lowest BCUT2D eigenvalue weighted by molar-refractivity contribution is 0.0593. The van der Waals surface area contributed by atoms with Gasteiger partial charge in [-0.25, -0.2) is 4.79 Å². The third-order valence-corrected chi connectivity index (χ3v) is 3.30. The summed E-state index contributed by atoms with van der Waals surface area (Å²) in [6, 6.07) is 0. The van der Waals surface area contributed by atoms with Gasteiger partial charge in [-0.2, -0.15) is 10.2 Å². The van der Waals surface area contributed by atoms with E-state index >= 15 is 0 Å². The van der Waals surface area contributed by atoms with E-state index in [1.54, 1.807) is 0 Å². The Hall–Kier alpha value is -1.65. The highest BCUT2D eigenvalue weighted by Crippen LogP contribution is 2.25. The van der Waals surface area contributed by atoms with E-state index < -0.39 is 5.97 Å². The van der Waals surface area contributed by atoms with Crippen molar-refractivity contribution >= 4 is 5.97 Å². The van der Waals surface area contributed by atoms with Gasteiger partial charge in [0.2, 0.25) is 0 Å². The average molecular weight is 250 g/mol. The summed E-state index contributed by atoms with van der Waals surface area (Å²) >= 11 is 0. The summed E-state index contributed by atoms with van der Waals surface area (Å²) in [6.07, 6.45) is 9.11. The van der Waals surface area contributed by atoms with E-state index in [1.165, 1.54) is 51.6 Å². The monoisotopic (exact) mass is 250 g/mol. The van der Waals surface area contributed by atoms with Crippen LogP contribution in [0.4, 0.5) is 0 Å². The molecule has 1 heterocycles. The maximum Gasteiger partial charge on any atom is 0.343 e. The van der Waals surface area contributed by atoms with E-state index in [0.29, 0.717) is 23.8 Å². The van der Waals surface area contributed by atoms with E-state index in [0.717, 1.165) is 0 Å². The smallest absolute Gasteiger partial charge is 0.343 e. The maximum atomic E-state index is 11.5. The maximum absolute atomic E-state index is 11.5. The Labute approximate surface area is 107 Å². The third kappa shape index (κ3) is 3.18. The quantitative estimate of drug-likeness (QED) is 0.767. The van der Waals surface area contributed by atoms with Gasteiger partial charge in [-0.05, 0) is 18.8 Å². The van der Waals surface area contributed by atoms with Crippen LogP contribution in [-0.2, 0) is 4.74 Å². The molecule has 0 amide bonds. The largest absolute Gasteiger partial charge is 0.491 e. The van der Waals surface area contributed by atoms with Crippen molar-refractivity contribution in [2.45, 2.75) is 32.1 Å². The van der Waals surface area contributed by atoms with E-state index in [9.17, 15) is 4.79 Å². The molecule has 1 saturated carbocycles. The summed E-state index contributed by atoms with van der Waals surface area (Å²) in [7, 11) is 1.34. The minimum absolute atomic E-state index is 0.336. The highest BCUT2D eigenvalue weighted by atomic mass is 16.5. The second-order valence-electron chi connectivity index (χ2n) is 4.57. The molecule has 0 spiro atoms. The molecule has 0 aromatic carbocycles. The lowest BCUT2D eigenvalue weighted by atomic mass is 9.90. The van der Waals surface area contributed by atoms with Crippen LogP contribution in [0.1, 0.15) is 42.5 Å². The summed E-state index contributed by atoms with van der Waals surface area (Å²) < 4.78 is 10.4. The summed E-state index contributed by atoms with van der Waals surface area (Å²) in [5.74, 6) is 0.600. The van der Waals surface area contributed by atoms with Crippen LogP contribution >= 0.6 is 0 Å². The van der Waals surface area contributed by atoms with Crippen molar-refractivity contribution in [2.75, 3.05) is 13.7 Å². The number of ether oxygens (including phenoxy) is 2. The molecular weight excluding hydrogens is 232 g/mol. The van der Waals surface area contributed by atoms with Crippen LogP contribution in [0.2, 0.25) is 0 Å². The molecule has 0 unspecified atom stereocenters. The van der Waals surface area contributed by atoms with Crippen LogP contribution in [0.25, 0.3) is 0 Å². The molecule has 1 fully saturated rings. The van der Waals surface area contributed by atoms with E-state index in [1.807, 2.05) is 0 Å². The van der Waals surface area contributed by atoms with Crippen molar-refractivity contribution < 1.29 is 14.3 Å². The third-order valence-electron chi connectivity index (χ3n) is 3.30. The van der Waals surface area contributed by atoms with Gasteiger partial charge < -0.3 is 9.47 Å². The molecule has 98 valence electrons. The number of hydrogen-bond acceptors (Lipinski definition) is 5. The predicted molar refractivity (Wildman–Crippen MR) is 65.4 cm³/mol. The highest BCUT2D eigenvalue weighted by molar-refractivity contribution is 5.91. The fourth-order valence-electron chi connectivity index (χ4n) is 2.25. The first-order valence-corrected chi connectivity index (χ1v) is 6.33. The van der Waals surface area contributed by atoms with Crippen molar-refractivity contribution in [3.63, 3.8) is 0 Å². The van der Waals surface area contributed by atoms with Gasteiger partial charge in [-0.3, -0.25) is 0 Å². The highest BCUT2D eigenvalue weighted by Gasteiger charge is 2.17. The number of hydrogen-bond donors (Lipinski definition) is 0. The number of carbonyl (C=O) groups is 1. The number of rotatable bonds is 4. The van der Waals surface area contributed by atoms with Crippen LogP contribution in [0.15, 0.2) is 12.4 Å². The summed E-state index contributed by atoms with van der Waals surface area (Å²) in [6.45, 7) is 0.635. The number of esters is 1. The second kappa shape index (κ2) is 6.33. The molecule has 0 aliphatic heterocycles. The Morgan fingerprint density at radius 2 is 2.00 bits per heavy atom. The molecule has 5 heteroatoms. The Bertz CT molecular complexity index is 403. The number of carbonyl (C=O) groups excluding carboxylic acids is 1. The minimum atomic E-state index is -0.441. The average Bonchev–Trinajstić information content (AvgIpc) is 2.45. The van der Waals surface area contributed by atoms with Crippen LogP contribution in [0.5, 0.6) is 5.75 Å². The van der Waals surface area contributed by atoms with Crippen molar-refractivity contribution in [3.8, 4) is 5.75 Å². The molecule has 18 heavy (non-hydrogen) atoms. The van der Waals surface area contributed by atoms with Crippen LogP contribution in [0.3, 0.4) is 0 Å². The Kier molecular flexibility index (Phi) is 4.50. The molecule has 2 rings (SSSR count). The summed E-state index contributed by atoms with van der Waals surface area (Å²) in [5.41, 5.74) is 0.336. The second-order valence-corrected chi connectivity index (χ2v) is 4.57. The van der Waals surface area contributed by atoms with Gasteiger partial charge in [0.25, 0.3) is 0 Å². The van der Waals surface area contributed by atoms with Crippen molar-refractivity contribution in [2.24, 2.45) is 5.92 Å². The Morgan fingerprint density at radius 3 is 2.72 bits per heavy atom. The van der Waals surface area contributed by atoms with Gasteiger partial charge in [0.05, 0.1) is 26.1 Å². The van der Waals surface area contributed by atoms with Gasteiger partial charge in [0, 0.05) is 0 Å². The fourth-order valence-corrected chi connectivity index (χ4v) is 2.25. The molecule has 0 N–H and O–H groups in total. The van der Waals surface area contributed by atoms with E-state index in [4.69, 9.17) is 4.74 Å². The Morgan fingerprint density at radius 1 is 1.28 bits per heavy atom. The van der Waals surface area contributed by atoms with Crippen LogP contribution in [-0.4, -0.2) is 29.9 Å². The molecule has 1 aromatic rings. The fraction of sp³-hybridized carbons (Fsp3) is 0.615. The molecule has 0 atom stereocenters. The van der Waals surface area contributed by atoms with Gasteiger partial charge in [-0.15, -0.1) is 0 Å². The first-order chi connectivity index (χ1) is 8.81. The first kappa shape index (κ1) is 12.8. The standard InChI is InChI=1S/C13H18N2O3/c1-17-13(16)11-7-14-15-8-12(11)18-9-10-5-3-2-4-6-10/h7-8,10H,2-6,9H2,1H3. The van der Waals surface area contributed by atoms with E-state index in [2.05, 4.69) is 14.9 Å². The predicted octanol–water partition coefficient (Wildman–Crippen LogP) is 2.22. The van der Waals surface area contributed by atoms with Gasteiger partial charge >= 0.3 is 5.97 Å². The molecule has 0 radical (unpaired) electrons. The topological polar surface area (TPSA) is 61.3 Å². The summed E-state index contributed by atoms with van der Waals surface area (Å²) in [5, 5.41) is 7.42. The lowest BCUT2D eigenvalue weighted by Gasteiger charge is -2.21.